The number of hydrogen-bond acceptors (Lipinski definition) is 10. The average Bonchev–Trinajstić information content (AvgIpc) is 3.79. The fraction of sp³-hybridized carbons (Fsp3) is 0.279. The Balaban J connectivity index is 0.973. The fourth-order valence-corrected chi connectivity index (χ4v) is 6.82. The van der Waals surface area contributed by atoms with E-state index in [1.165, 1.54) is 0 Å². The third-order valence-corrected chi connectivity index (χ3v) is 9.78. The molecule has 2 amide bonds. The summed E-state index contributed by atoms with van der Waals surface area (Å²) in [5.41, 5.74) is 4.80. The van der Waals surface area contributed by atoms with Crippen LogP contribution >= 0.6 is 0 Å². The van der Waals surface area contributed by atoms with Crippen molar-refractivity contribution in [2.24, 2.45) is 0 Å². The molecule has 0 saturated carbocycles. The maximum Gasteiger partial charge on any atom is 0.324 e. The molecule has 0 bridgehead atoms. The summed E-state index contributed by atoms with van der Waals surface area (Å²) in [5, 5.41) is 15.8. The molecule has 2 aromatic heterocycles. The molecule has 4 aromatic carbocycles. The first-order valence-electron chi connectivity index (χ1n) is 18.8. The van der Waals surface area contributed by atoms with Crippen LogP contribution in [-0.4, -0.2) is 75.9 Å². The van der Waals surface area contributed by atoms with Gasteiger partial charge in [-0.15, -0.1) is 0 Å². The van der Waals surface area contributed by atoms with E-state index in [-0.39, 0.29) is 11.2 Å². The molecule has 2 aliphatic rings. The first kappa shape index (κ1) is 36.7. The topological polar surface area (TPSA) is 145 Å². The Labute approximate surface area is 325 Å². The number of rotatable bonds is 11. The Morgan fingerprint density at radius 2 is 1.70 bits per heavy atom. The molecule has 8 rings (SSSR count). The van der Waals surface area contributed by atoms with E-state index in [9.17, 15) is 9.59 Å². The number of urea groups is 1. The lowest BCUT2D eigenvalue weighted by atomic mass is 9.92. The number of ether oxygens (including phenoxy) is 3. The minimum atomic E-state index is -0.425. The second-order valence-corrected chi connectivity index (χ2v) is 14.9. The summed E-state index contributed by atoms with van der Waals surface area (Å²) in [4.78, 5) is 36.9. The summed E-state index contributed by atoms with van der Waals surface area (Å²) in [7, 11) is 0. The van der Waals surface area contributed by atoms with E-state index in [2.05, 4.69) is 51.6 Å². The molecule has 13 heteroatoms. The molecule has 0 atom stereocenters. The molecule has 286 valence electrons. The van der Waals surface area contributed by atoms with Gasteiger partial charge >= 0.3 is 6.03 Å². The van der Waals surface area contributed by atoms with Gasteiger partial charge in [-0.25, -0.2) is 14.5 Å². The van der Waals surface area contributed by atoms with Crippen LogP contribution in [0.5, 0.6) is 17.4 Å². The number of aromatic nitrogens is 4. The zero-order chi connectivity index (χ0) is 38.6. The van der Waals surface area contributed by atoms with Gasteiger partial charge in [0.2, 0.25) is 11.8 Å². The van der Waals surface area contributed by atoms with Gasteiger partial charge in [-0.1, -0.05) is 57.2 Å². The highest BCUT2D eigenvalue weighted by molar-refractivity contribution is 6.07. The van der Waals surface area contributed by atoms with Crippen molar-refractivity contribution in [2.45, 2.75) is 39.0 Å². The van der Waals surface area contributed by atoms with Crippen LogP contribution in [-0.2, 0) is 27.8 Å². The first-order valence-corrected chi connectivity index (χ1v) is 18.8. The van der Waals surface area contributed by atoms with E-state index >= 15 is 0 Å². The Kier molecular flexibility index (Phi) is 10.3. The number of Topliss-reactive ketones (excluding diaryl/α,β-unsaturated/α-hetero) is 1. The predicted molar refractivity (Wildman–Crippen MR) is 216 cm³/mol. The maximum atomic E-state index is 13.7. The largest absolute Gasteiger partial charge is 0.492 e. The lowest BCUT2D eigenvalue weighted by Crippen LogP contribution is -2.38. The van der Waals surface area contributed by atoms with Crippen molar-refractivity contribution in [3.05, 3.63) is 114 Å². The minimum Gasteiger partial charge on any atom is -0.492 e. The summed E-state index contributed by atoms with van der Waals surface area (Å²) in [6, 6.07) is 28.0. The van der Waals surface area contributed by atoms with Crippen LogP contribution in [0.1, 0.15) is 37.6 Å². The molecular weight excluding hydrogens is 709 g/mol. The van der Waals surface area contributed by atoms with Crippen molar-refractivity contribution in [1.29, 1.82) is 0 Å². The molecule has 1 fully saturated rings. The normalized spacial score (nSPS) is 14.4. The van der Waals surface area contributed by atoms with E-state index in [0.29, 0.717) is 48.5 Å². The molecule has 3 heterocycles. The number of nitrogens with zero attached hydrogens (tertiary/aromatic N) is 5. The van der Waals surface area contributed by atoms with Gasteiger partial charge in [-0.05, 0) is 47.5 Å². The number of nitrogens with one attached hydrogen (secondary N) is 3. The number of ketones is 1. The monoisotopic (exact) mass is 752 g/mol. The molecule has 0 unspecified atom stereocenters. The third-order valence-electron chi connectivity index (χ3n) is 9.78. The lowest BCUT2D eigenvalue weighted by Gasteiger charge is -2.26. The smallest absolute Gasteiger partial charge is 0.324 e. The van der Waals surface area contributed by atoms with E-state index in [1.54, 1.807) is 29.1 Å². The predicted octanol–water partition coefficient (Wildman–Crippen LogP) is 7.67. The first-order chi connectivity index (χ1) is 27.1. The zero-order valence-electron chi connectivity index (χ0n) is 31.7. The molecule has 1 aliphatic heterocycles. The summed E-state index contributed by atoms with van der Waals surface area (Å²) < 4.78 is 19.6. The van der Waals surface area contributed by atoms with Crippen molar-refractivity contribution in [3.8, 4) is 23.1 Å². The van der Waals surface area contributed by atoms with Gasteiger partial charge in [0.1, 0.15) is 29.7 Å². The van der Waals surface area contributed by atoms with Crippen LogP contribution < -0.4 is 25.4 Å². The molecule has 3 N–H and O–H groups in total. The second kappa shape index (κ2) is 15.8. The van der Waals surface area contributed by atoms with E-state index in [1.807, 2.05) is 72.8 Å². The standard InChI is InChI=1S/C43H44N8O5/c1-43(2,3)38-27-39(51(49-38)31-7-6-8-33(26-31)55-22-19-50-17-20-54-21-18-50)47-42(53)46-36-13-14-37(35-10-5-4-9-34(35)36)56-40-15-16-44-41(48-40)45-30-12-11-28-24-32(52)25-29(28)23-30/h4-16,23,26-27H,17-22,24-25H2,1-3H3,(H,44,45,48)(H2,46,47,53). The number of hydrogen-bond donors (Lipinski definition) is 3. The molecule has 6 aromatic rings. The van der Waals surface area contributed by atoms with Crippen molar-refractivity contribution in [1.82, 2.24) is 24.6 Å². The lowest BCUT2D eigenvalue weighted by molar-refractivity contribution is -0.117. The summed E-state index contributed by atoms with van der Waals surface area (Å²) in [6.45, 7) is 10.9. The average molecular weight is 753 g/mol. The SMILES string of the molecule is CC(C)(C)c1cc(NC(=O)Nc2ccc(Oc3ccnc(Nc4ccc5c(c4)CC(=O)C5)n3)c3ccccc23)n(-c2cccc(OCCN3CCOCC3)c2)n1. The van der Waals surface area contributed by atoms with Gasteiger partial charge in [0.05, 0.1) is 30.3 Å². The van der Waals surface area contributed by atoms with E-state index < -0.39 is 6.03 Å². The summed E-state index contributed by atoms with van der Waals surface area (Å²) in [5.74, 6) is 2.73. The number of carbonyl (C=O) groups is 2. The number of amides is 2. The van der Waals surface area contributed by atoms with Crippen LogP contribution in [0.2, 0.25) is 0 Å². The van der Waals surface area contributed by atoms with Gasteiger partial charge < -0.3 is 24.8 Å². The van der Waals surface area contributed by atoms with Gasteiger partial charge in [0, 0.05) is 78.7 Å². The van der Waals surface area contributed by atoms with Crippen molar-refractivity contribution in [3.63, 3.8) is 0 Å². The fourth-order valence-electron chi connectivity index (χ4n) is 6.82. The van der Waals surface area contributed by atoms with E-state index in [0.717, 1.165) is 77.6 Å². The molecule has 0 radical (unpaired) electrons. The number of benzene rings is 4. The van der Waals surface area contributed by atoms with Crippen LogP contribution in [0.25, 0.3) is 16.5 Å². The third kappa shape index (κ3) is 8.49. The van der Waals surface area contributed by atoms with Crippen LogP contribution in [0.15, 0.2) is 97.2 Å². The Bertz CT molecular complexity index is 2400. The second-order valence-electron chi connectivity index (χ2n) is 14.9. The van der Waals surface area contributed by atoms with Gasteiger partial charge in [0.25, 0.3) is 0 Å². The quantitative estimate of drug-likeness (QED) is 0.121. The molecule has 13 nitrogen and oxygen atoms in total. The molecule has 1 aliphatic carbocycles. The maximum absolute atomic E-state index is 13.7. The van der Waals surface area contributed by atoms with Crippen LogP contribution in [0.4, 0.5) is 27.9 Å². The number of anilines is 4. The Morgan fingerprint density at radius 3 is 2.54 bits per heavy atom. The minimum absolute atomic E-state index is 0.221. The summed E-state index contributed by atoms with van der Waals surface area (Å²) >= 11 is 0. The van der Waals surface area contributed by atoms with Crippen LogP contribution in [0.3, 0.4) is 0 Å². The molecule has 0 spiro atoms. The molecule has 1 saturated heterocycles. The Morgan fingerprint density at radius 1 is 0.875 bits per heavy atom. The highest BCUT2D eigenvalue weighted by Crippen LogP contribution is 2.35. The van der Waals surface area contributed by atoms with Crippen LogP contribution in [0, 0.1) is 0 Å². The Hall–Kier alpha value is -6.31. The molecular formula is C43H44N8O5. The van der Waals surface area contributed by atoms with E-state index in [4.69, 9.17) is 19.3 Å². The zero-order valence-corrected chi connectivity index (χ0v) is 31.7. The van der Waals surface area contributed by atoms with Crippen molar-refractivity contribution < 1.29 is 23.8 Å². The number of carbonyl (C=O) groups excluding carboxylic acids is 2. The van der Waals surface area contributed by atoms with Crippen molar-refractivity contribution >= 4 is 45.7 Å². The number of morpholine rings is 1. The van der Waals surface area contributed by atoms with Gasteiger partial charge in [0.15, 0.2) is 0 Å². The number of fused-ring (bicyclic) bond motifs is 2. The summed E-state index contributed by atoms with van der Waals surface area (Å²) in [6.07, 6.45) is 2.54. The highest BCUT2D eigenvalue weighted by Gasteiger charge is 2.23. The van der Waals surface area contributed by atoms with Gasteiger partial charge in [-0.3, -0.25) is 15.0 Å². The highest BCUT2D eigenvalue weighted by atomic mass is 16.5. The van der Waals surface area contributed by atoms with Crippen molar-refractivity contribution in [2.75, 3.05) is 55.4 Å². The van der Waals surface area contributed by atoms with Gasteiger partial charge in [-0.2, -0.15) is 10.1 Å². The molecule has 56 heavy (non-hydrogen) atoms.